The van der Waals surface area contributed by atoms with Crippen LogP contribution in [0.3, 0.4) is 0 Å². The smallest absolute Gasteiger partial charge is 0.246 e. The Morgan fingerprint density at radius 3 is 2.75 bits per heavy atom. The fraction of sp³-hybridized carbons (Fsp3) is 0.429. The SMILES string of the molecule is CC(CC(N)=O)NS(=O)(=O)c1cn[nH]c1N. The van der Waals surface area contributed by atoms with Crippen molar-refractivity contribution in [1.82, 2.24) is 14.9 Å². The van der Waals surface area contributed by atoms with Crippen LogP contribution < -0.4 is 16.2 Å². The van der Waals surface area contributed by atoms with Gasteiger partial charge in [-0.2, -0.15) is 5.10 Å². The lowest BCUT2D eigenvalue weighted by Crippen LogP contribution is -2.35. The van der Waals surface area contributed by atoms with Crippen molar-refractivity contribution in [2.24, 2.45) is 5.73 Å². The minimum Gasteiger partial charge on any atom is -0.383 e. The molecule has 1 aromatic heterocycles. The van der Waals surface area contributed by atoms with E-state index in [4.69, 9.17) is 11.5 Å². The lowest BCUT2D eigenvalue weighted by Gasteiger charge is -2.11. The van der Waals surface area contributed by atoms with Crippen LogP contribution in [0, 0.1) is 0 Å². The molecule has 9 heteroatoms. The fourth-order valence-corrected chi connectivity index (χ4v) is 2.44. The van der Waals surface area contributed by atoms with E-state index in [1.165, 1.54) is 6.92 Å². The van der Waals surface area contributed by atoms with Crippen molar-refractivity contribution < 1.29 is 13.2 Å². The average Bonchev–Trinajstić information content (AvgIpc) is 2.48. The Bertz CT molecular complexity index is 480. The summed E-state index contributed by atoms with van der Waals surface area (Å²) in [6, 6.07) is -0.600. The summed E-state index contributed by atoms with van der Waals surface area (Å²) in [4.78, 5) is 10.4. The van der Waals surface area contributed by atoms with Gasteiger partial charge in [0.1, 0.15) is 10.7 Å². The molecule has 0 bridgehead atoms. The highest BCUT2D eigenvalue weighted by atomic mass is 32.2. The van der Waals surface area contributed by atoms with Crippen LogP contribution in [0.5, 0.6) is 0 Å². The molecule has 0 radical (unpaired) electrons. The molecule has 90 valence electrons. The second-order valence-electron chi connectivity index (χ2n) is 3.34. The van der Waals surface area contributed by atoms with Crippen LogP contribution in [0.4, 0.5) is 5.82 Å². The topological polar surface area (TPSA) is 144 Å². The summed E-state index contributed by atoms with van der Waals surface area (Å²) >= 11 is 0. The summed E-state index contributed by atoms with van der Waals surface area (Å²) in [7, 11) is -3.77. The molecule has 1 unspecified atom stereocenters. The number of rotatable bonds is 5. The van der Waals surface area contributed by atoms with Gasteiger partial charge in [0.2, 0.25) is 15.9 Å². The Labute approximate surface area is 92.4 Å². The maximum Gasteiger partial charge on any atom is 0.246 e. The molecule has 1 rings (SSSR count). The van der Waals surface area contributed by atoms with Gasteiger partial charge in [0.05, 0.1) is 6.20 Å². The van der Waals surface area contributed by atoms with Gasteiger partial charge < -0.3 is 11.5 Å². The average molecular weight is 247 g/mol. The summed E-state index contributed by atoms with van der Waals surface area (Å²) in [6.07, 6.45) is 1.01. The molecule has 0 spiro atoms. The van der Waals surface area contributed by atoms with Gasteiger partial charge in [0, 0.05) is 12.5 Å². The number of H-pyrrole nitrogens is 1. The van der Waals surface area contributed by atoms with E-state index in [-0.39, 0.29) is 17.1 Å². The lowest BCUT2D eigenvalue weighted by molar-refractivity contribution is -0.118. The van der Waals surface area contributed by atoms with Crippen LogP contribution >= 0.6 is 0 Å². The molecule has 0 aliphatic carbocycles. The van der Waals surface area contributed by atoms with E-state index < -0.39 is 22.0 Å². The van der Waals surface area contributed by atoms with E-state index >= 15 is 0 Å². The van der Waals surface area contributed by atoms with Gasteiger partial charge in [0.25, 0.3) is 0 Å². The highest BCUT2D eigenvalue weighted by Crippen LogP contribution is 2.14. The van der Waals surface area contributed by atoms with Crippen molar-refractivity contribution >= 4 is 21.7 Å². The minimum absolute atomic E-state index is 0.0567. The van der Waals surface area contributed by atoms with Crippen molar-refractivity contribution in [3.8, 4) is 0 Å². The van der Waals surface area contributed by atoms with E-state index in [0.717, 1.165) is 6.20 Å². The quantitative estimate of drug-likeness (QED) is 0.502. The molecule has 1 atom stereocenters. The zero-order valence-corrected chi connectivity index (χ0v) is 9.41. The highest BCUT2D eigenvalue weighted by Gasteiger charge is 2.22. The van der Waals surface area contributed by atoms with Gasteiger partial charge in [0.15, 0.2) is 0 Å². The van der Waals surface area contributed by atoms with Crippen molar-refractivity contribution in [2.75, 3.05) is 5.73 Å². The van der Waals surface area contributed by atoms with E-state index in [0.29, 0.717) is 0 Å². The Hall–Kier alpha value is -1.61. The number of hydrogen-bond acceptors (Lipinski definition) is 5. The third-order valence-corrected chi connectivity index (χ3v) is 3.40. The molecule has 0 aliphatic heterocycles. The van der Waals surface area contributed by atoms with Gasteiger partial charge in [-0.1, -0.05) is 0 Å². The van der Waals surface area contributed by atoms with Crippen LogP contribution in [0.2, 0.25) is 0 Å². The summed E-state index contributed by atoms with van der Waals surface area (Å²) < 4.78 is 25.7. The van der Waals surface area contributed by atoms with E-state index in [1.807, 2.05) is 0 Å². The number of nitrogens with zero attached hydrogens (tertiary/aromatic N) is 1. The Morgan fingerprint density at radius 2 is 2.31 bits per heavy atom. The molecule has 0 aliphatic rings. The van der Waals surface area contributed by atoms with E-state index in [1.54, 1.807) is 0 Å². The van der Waals surface area contributed by atoms with Gasteiger partial charge in [-0.3, -0.25) is 9.89 Å². The molecule has 6 N–H and O–H groups in total. The number of nitrogens with one attached hydrogen (secondary N) is 2. The number of amides is 1. The van der Waals surface area contributed by atoms with Crippen LogP contribution in [-0.2, 0) is 14.8 Å². The van der Waals surface area contributed by atoms with Crippen molar-refractivity contribution in [3.05, 3.63) is 6.20 Å². The molecule has 16 heavy (non-hydrogen) atoms. The number of aromatic nitrogens is 2. The highest BCUT2D eigenvalue weighted by molar-refractivity contribution is 7.89. The number of aromatic amines is 1. The first-order valence-corrected chi connectivity index (χ1v) is 5.90. The number of nitrogens with two attached hydrogens (primary N) is 2. The Morgan fingerprint density at radius 1 is 1.69 bits per heavy atom. The summed E-state index contributed by atoms with van der Waals surface area (Å²) in [5, 5.41) is 5.80. The van der Waals surface area contributed by atoms with Gasteiger partial charge in [-0.05, 0) is 6.92 Å². The molecule has 0 saturated carbocycles. The normalized spacial score (nSPS) is 13.6. The monoisotopic (exact) mass is 247 g/mol. The van der Waals surface area contributed by atoms with Gasteiger partial charge in [-0.15, -0.1) is 0 Å². The third-order valence-electron chi connectivity index (χ3n) is 1.79. The first kappa shape index (κ1) is 12.5. The molecule has 1 heterocycles. The van der Waals surface area contributed by atoms with Crippen LogP contribution in [-0.4, -0.2) is 30.6 Å². The predicted molar refractivity (Wildman–Crippen MR) is 56.6 cm³/mol. The number of nitrogen functional groups attached to an aromatic ring is 1. The fourth-order valence-electron chi connectivity index (χ4n) is 1.17. The molecular formula is C7H13N5O3S. The second-order valence-corrected chi connectivity index (χ2v) is 5.02. The van der Waals surface area contributed by atoms with E-state index in [9.17, 15) is 13.2 Å². The maximum absolute atomic E-state index is 11.7. The van der Waals surface area contributed by atoms with Gasteiger partial charge >= 0.3 is 0 Å². The molecular weight excluding hydrogens is 234 g/mol. The van der Waals surface area contributed by atoms with Crippen LogP contribution in [0.1, 0.15) is 13.3 Å². The lowest BCUT2D eigenvalue weighted by atomic mass is 10.2. The molecule has 0 aromatic carbocycles. The zero-order chi connectivity index (χ0) is 12.3. The Balaban J connectivity index is 2.81. The number of carbonyl (C=O) groups excluding carboxylic acids is 1. The summed E-state index contributed by atoms with van der Waals surface area (Å²) in [6.45, 7) is 1.53. The number of hydrogen-bond donors (Lipinski definition) is 4. The van der Waals surface area contributed by atoms with Crippen LogP contribution in [0.25, 0.3) is 0 Å². The number of primary amides is 1. The third kappa shape index (κ3) is 2.94. The molecule has 1 amide bonds. The van der Waals surface area contributed by atoms with Crippen LogP contribution in [0.15, 0.2) is 11.1 Å². The molecule has 0 saturated heterocycles. The Kier molecular flexibility index (Phi) is 3.50. The summed E-state index contributed by atoms with van der Waals surface area (Å²) in [5.41, 5.74) is 10.3. The minimum atomic E-state index is -3.77. The molecule has 1 aromatic rings. The predicted octanol–water partition coefficient (Wildman–Crippen LogP) is -1.47. The number of anilines is 1. The van der Waals surface area contributed by atoms with Crippen molar-refractivity contribution in [2.45, 2.75) is 24.3 Å². The first-order chi connectivity index (χ1) is 7.33. The zero-order valence-electron chi connectivity index (χ0n) is 8.60. The van der Waals surface area contributed by atoms with E-state index in [2.05, 4.69) is 14.9 Å². The standard InChI is InChI=1S/C7H13N5O3S/c1-4(2-6(8)13)12-16(14,15)5-3-10-11-7(5)9/h3-4,12H,2H2,1H3,(H2,8,13)(H3,9,10,11). The first-order valence-electron chi connectivity index (χ1n) is 4.42. The maximum atomic E-state index is 11.7. The number of carbonyl (C=O) groups is 1. The van der Waals surface area contributed by atoms with Crippen molar-refractivity contribution in [3.63, 3.8) is 0 Å². The second kappa shape index (κ2) is 4.49. The molecule has 8 nitrogen and oxygen atoms in total. The van der Waals surface area contributed by atoms with Crippen molar-refractivity contribution in [1.29, 1.82) is 0 Å². The molecule has 0 fully saturated rings. The van der Waals surface area contributed by atoms with Gasteiger partial charge in [-0.25, -0.2) is 13.1 Å². The summed E-state index contributed by atoms with van der Waals surface area (Å²) in [5.74, 6) is -0.644. The number of sulfonamides is 1. The largest absolute Gasteiger partial charge is 0.383 e.